The predicted octanol–water partition coefficient (Wildman–Crippen LogP) is 3.01. The van der Waals surface area contributed by atoms with Crippen LogP contribution in [0.1, 0.15) is 0 Å². The Hall–Kier alpha value is -2.64. The van der Waals surface area contributed by atoms with Gasteiger partial charge in [-0.1, -0.05) is 12.1 Å². The number of fused-ring (bicyclic) bond motifs is 2. The molecule has 0 saturated carbocycles. The molecule has 7 heteroatoms. The number of hydrogen-bond acceptors (Lipinski definition) is 7. The Balaban J connectivity index is 1.60. The van der Waals surface area contributed by atoms with E-state index >= 15 is 0 Å². The summed E-state index contributed by atoms with van der Waals surface area (Å²) < 4.78 is 34.5. The first-order valence-electron chi connectivity index (χ1n) is 9.81. The van der Waals surface area contributed by atoms with Gasteiger partial charge in [-0.2, -0.15) is 0 Å². The summed E-state index contributed by atoms with van der Waals surface area (Å²) in [5.41, 5.74) is 1.04. The van der Waals surface area contributed by atoms with Gasteiger partial charge in [0.05, 0.1) is 26.4 Å². The molecule has 0 aromatic heterocycles. The molecule has 158 valence electrons. The van der Waals surface area contributed by atoms with E-state index in [0.717, 1.165) is 5.69 Å². The van der Waals surface area contributed by atoms with Gasteiger partial charge >= 0.3 is 0 Å². The lowest BCUT2D eigenvalue weighted by atomic mass is 10.2. The van der Waals surface area contributed by atoms with Crippen LogP contribution < -0.4 is 23.8 Å². The molecule has 29 heavy (non-hydrogen) atoms. The fourth-order valence-electron chi connectivity index (χ4n) is 2.74. The van der Waals surface area contributed by atoms with Crippen molar-refractivity contribution in [3.05, 3.63) is 42.5 Å². The molecule has 0 radical (unpaired) electrons. The van der Waals surface area contributed by atoms with Gasteiger partial charge in [-0.3, -0.25) is 0 Å². The number of para-hydroxylation sites is 2. The molecule has 0 aliphatic carbocycles. The van der Waals surface area contributed by atoms with Gasteiger partial charge in [-0.25, -0.2) is 0 Å². The molecule has 0 saturated heterocycles. The Labute approximate surface area is 172 Å². The average Bonchev–Trinajstić information content (AvgIpc) is 2.73. The minimum Gasteiger partial charge on any atom is -0.487 e. The molecule has 2 aromatic rings. The van der Waals surface area contributed by atoms with Gasteiger partial charge in [0.25, 0.3) is 0 Å². The molecule has 1 aliphatic heterocycles. The Morgan fingerprint density at radius 3 is 1.48 bits per heavy atom. The number of hydrogen-bond donors (Lipinski definition) is 0. The van der Waals surface area contributed by atoms with Crippen molar-refractivity contribution < 1.29 is 28.4 Å². The summed E-state index contributed by atoms with van der Waals surface area (Å²) >= 11 is 0. The van der Waals surface area contributed by atoms with Crippen LogP contribution in [0.4, 0.5) is 5.69 Å². The van der Waals surface area contributed by atoms with Crippen molar-refractivity contribution in [3.8, 4) is 23.0 Å². The Kier molecular flexibility index (Phi) is 8.27. The van der Waals surface area contributed by atoms with Gasteiger partial charge in [0.2, 0.25) is 0 Å². The third-order valence-corrected chi connectivity index (χ3v) is 4.23. The van der Waals surface area contributed by atoms with Crippen LogP contribution in [0.5, 0.6) is 23.0 Å². The van der Waals surface area contributed by atoms with E-state index in [2.05, 4.69) is 0 Å². The molecule has 7 nitrogen and oxygen atoms in total. The van der Waals surface area contributed by atoms with Crippen LogP contribution in [0, 0.1) is 0 Å². The second-order valence-electron chi connectivity index (χ2n) is 6.59. The normalized spacial score (nSPS) is 16.3. The summed E-state index contributed by atoms with van der Waals surface area (Å²) in [7, 11) is 3.97. The van der Waals surface area contributed by atoms with Gasteiger partial charge in [-0.15, -0.1) is 0 Å². The molecule has 0 amide bonds. The van der Waals surface area contributed by atoms with Crippen LogP contribution in [0.15, 0.2) is 42.5 Å². The van der Waals surface area contributed by atoms with Crippen molar-refractivity contribution in [3.63, 3.8) is 0 Å². The molecule has 0 fully saturated rings. The zero-order valence-electron chi connectivity index (χ0n) is 17.1. The maximum atomic E-state index is 5.90. The van der Waals surface area contributed by atoms with Gasteiger partial charge in [-0.05, 0) is 24.3 Å². The molecule has 1 aliphatic rings. The Bertz CT molecular complexity index is 752. The predicted molar refractivity (Wildman–Crippen MR) is 111 cm³/mol. The fraction of sp³-hybridized carbons (Fsp3) is 0.455. The summed E-state index contributed by atoms with van der Waals surface area (Å²) in [5.74, 6) is 2.77. The lowest BCUT2D eigenvalue weighted by Gasteiger charge is -2.18. The van der Waals surface area contributed by atoms with Gasteiger partial charge in [0.15, 0.2) is 23.0 Å². The van der Waals surface area contributed by atoms with Crippen molar-refractivity contribution in [1.29, 1.82) is 0 Å². The van der Waals surface area contributed by atoms with E-state index in [1.54, 1.807) is 0 Å². The zero-order valence-corrected chi connectivity index (χ0v) is 17.1. The molecule has 2 aromatic carbocycles. The minimum absolute atomic E-state index is 0.420. The van der Waals surface area contributed by atoms with E-state index in [9.17, 15) is 0 Å². The number of ether oxygens (including phenoxy) is 6. The number of anilines is 1. The summed E-state index contributed by atoms with van der Waals surface area (Å²) in [6.45, 7) is 3.54. The third kappa shape index (κ3) is 6.73. The number of rotatable bonds is 1. The van der Waals surface area contributed by atoms with Crippen molar-refractivity contribution in [2.75, 3.05) is 71.9 Å². The summed E-state index contributed by atoms with van der Waals surface area (Å²) in [5, 5.41) is 0. The second-order valence-corrected chi connectivity index (χ2v) is 6.59. The second kappa shape index (κ2) is 11.4. The van der Waals surface area contributed by atoms with E-state index < -0.39 is 0 Å². The quantitative estimate of drug-likeness (QED) is 0.725. The number of nitrogens with zero attached hydrogens (tertiary/aromatic N) is 1. The molecule has 0 N–H and O–H groups in total. The van der Waals surface area contributed by atoms with Crippen molar-refractivity contribution >= 4 is 5.69 Å². The van der Waals surface area contributed by atoms with Crippen LogP contribution in [0.25, 0.3) is 0 Å². The van der Waals surface area contributed by atoms with E-state index in [4.69, 9.17) is 28.4 Å². The third-order valence-electron chi connectivity index (χ3n) is 4.23. The molecule has 3 rings (SSSR count). The van der Waals surface area contributed by atoms with Crippen LogP contribution >= 0.6 is 0 Å². The highest BCUT2D eigenvalue weighted by Crippen LogP contribution is 2.31. The highest BCUT2D eigenvalue weighted by atomic mass is 16.6. The molecule has 0 bridgehead atoms. The summed E-state index contributed by atoms with van der Waals surface area (Å²) in [6, 6.07) is 13.5. The van der Waals surface area contributed by atoms with Crippen molar-refractivity contribution in [2.45, 2.75) is 0 Å². The van der Waals surface area contributed by atoms with Crippen molar-refractivity contribution in [2.24, 2.45) is 0 Å². The summed E-state index contributed by atoms with van der Waals surface area (Å²) in [4.78, 5) is 2.02. The lowest BCUT2D eigenvalue weighted by molar-refractivity contribution is 0.0640. The van der Waals surface area contributed by atoms with E-state index in [0.29, 0.717) is 75.9 Å². The largest absolute Gasteiger partial charge is 0.487 e. The van der Waals surface area contributed by atoms with Crippen LogP contribution in [-0.2, 0) is 9.47 Å². The maximum Gasteiger partial charge on any atom is 0.163 e. The number of benzene rings is 2. The maximum absolute atomic E-state index is 5.90. The van der Waals surface area contributed by atoms with E-state index in [1.807, 2.05) is 61.5 Å². The zero-order chi connectivity index (χ0) is 20.3. The van der Waals surface area contributed by atoms with Crippen LogP contribution in [0.3, 0.4) is 0 Å². The van der Waals surface area contributed by atoms with Crippen LogP contribution in [-0.4, -0.2) is 67.0 Å². The van der Waals surface area contributed by atoms with E-state index in [1.165, 1.54) is 0 Å². The molecular weight excluding hydrogens is 374 g/mol. The first-order valence-corrected chi connectivity index (χ1v) is 9.81. The highest BCUT2D eigenvalue weighted by Gasteiger charge is 2.09. The lowest BCUT2D eigenvalue weighted by Crippen LogP contribution is -2.15. The highest BCUT2D eigenvalue weighted by molar-refractivity contribution is 5.55. The fourth-order valence-corrected chi connectivity index (χ4v) is 2.74. The van der Waals surface area contributed by atoms with Gasteiger partial charge in [0, 0.05) is 25.8 Å². The minimum atomic E-state index is 0.420. The molecule has 0 spiro atoms. The topological polar surface area (TPSA) is 58.6 Å². The monoisotopic (exact) mass is 403 g/mol. The van der Waals surface area contributed by atoms with Gasteiger partial charge in [0.1, 0.15) is 26.4 Å². The summed E-state index contributed by atoms with van der Waals surface area (Å²) in [6.07, 6.45) is 0. The Morgan fingerprint density at radius 2 is 1.00 bits per heavy atom. The van der Waals surface area contributed by atoms with Crippen molar-refractivity contribution in [1.82, 2.24) is 0 Å². The Morgan fingerprint density at radius 1 is 0.552 bits per heavy atom. The average molecular weight is 403 g/mol. The first kappa shape index (κ1) is 21.1. The first-order chi connectivity index (χ1) is 14.2. The molecule has 0 unspecified atom stereocenters. The SMILES string of the molecule is CN(C)c1ccc2c(c1)OCCOCCOc1ccccc1OCCOCCO2. The standard InChI is InChI=1S/C22H29NO6/c1-23(2)18-7-8-21-22(17-18)29-16-12-25-10-14-27-20-6-4-3-5-19(20)26-13-9-24-11-15-28-21/h3-8,17H,9-16H2,1-2H3. The molecule has 0 atom stereocenters. The molecular formula is C22H29NO6. The molecule has 1 heterocycles. The van der Waals surface area contributed by atoms with E-state index in [-0.39, 0.29) is 0 Å². The van der Waals surface area contributed by atoms with Gasteiger partial charge < -0.3 is 33.3 Å². The smallest absolute Gasteiger partial charge is 0.163 e. The van der Waals surface area contributed by atoms with Crippen LogP contribution in [0.2, 0.25) is 0 Å².